The first kappa shape index (κ1) is 19.7. The fraction of sp³-hybridized carbons (Fsp3) is 0.429. The van der Waals surface area contributed by atoms with Crippen molar-refractivity contribution in [1.29, 1.82) is 0 Å². The first-order chi connectivity index (χ1) is 12.1. The van der Waals surface area contributed by atoms with Gasteiger partial charge < -0.3 is 9.64 Å². The van der Waals surface area contributed by atoms with Gasteiger partial charge in [-0.1, -0.05) is 43.7 Å². The van der Waals surface area contributed by atoms with Crippen LogP contribution in [-0.4, -0.2) is 36.9 Å². The van der Waals surface area contributed by atoms with Crippen LogP contribution < -0.4 is 4.74 Å². The van der Waals surface area contributed by atoms with Crippen LogP contribution >= 0.6 is 0 Å². The summed E-state index contributed by atoms with van der Waals surface area (Å²) in [5.74, 6) is 0.808. The maximum absolute atomic E-state index is 13.3. The Morgan fingerprint density at radius 2 is 1.76 bits per heavy atom. The topological polar surface area (TPSA) is 29.5 Å². The van der Waals surface area contributed by atoms with Gasteiger partial charge in [-0.3, -0.25) is 4.21 Å². The summed E-state index contributed by atoms with van der Waals surface area (Å²) >= 11 is 0. The number of nitrogens with zero attached hydrogens (tertiary/aromatic N) is 1. The van der Waals surface area contributed by atoms with Gasteiger partial charge in [-0.15, -0.1) is 0 Å². The third-order valence-electron chi connectivity index (χ3n) is 4.28. The molecule has 2 unspecified atom stereocenters. The molecule has 0 aromatic heterocycles. The van der Waals surface area contributed by atoms with Crippen LogP contribution in [0.1, 0.15) is 36.1 Å². The molecule has 4 heteroatoms. The lowest BCUT2D eigenvalue weighted by Crippen LogP contribution is -2.18. The highest BCUT2D eigenvalue weighted by Crippen LogP contribution is 2.34. The van der Waals surface area contributed by atoms with E-state index in [2.05, 4.69) is 24.0 Å². The lowest BCUT2D eigenvalue weighted by molar-refractivity contribution is 0.388. The molecule has 2 aromatic rings. The summed E-state index contributed by atoms with van der Waals surface area (Å²) in [5, 5.41) is -0.0874. The molecule has 0 bridgehead atoms. The summed E-state index contributed by atoms with van der Waals surface area (Å²) in [6.07, 6.45) is 3.00. The Bertz CT molecular complexity index is 683. The van der Waals surface area contributed by atoms with Gasteiger partial charge in [-0.2, -0.15) is 0 Å². The Balaban J connectivity index is 2.32. The summed E-state index contributed by atoms with van der Waals surface area (Å²) in [6.45, 7) is 3.05. The van der Waals surface area contributed by atoms with Crippen LogP contribution in [0.3, 0.4) is 0 Å². The Hall–Kier alpha value is -1.65. The van der Waals surface area contributed by atoms with Crippen molar-refractivity contribution < 1.29 is 8.95 Å². The van der Waals surface area contributed by atoms with Crippen LogP contribution in [0.15, 0.2) is 53.4 Å². The number of rotatable bonds is 9. The number of hydrogen-bond acceptors (Lipinski definition) is 3. The maximum Gasteiger partial charge on any atom is 0.123 e. The second kappa shape index (κ2) is 9.73. The van der Waals surface area contributed by atoms with E-state index in [4.69, 9.17) is 4.74 Å². The zero-order valence-corrected chi connectivity index (χ0v) is 16.5. The minimum atomic E-state index is -1.12. The Labute approximate surface area is 154 Å². The molecule has 0 aliphatic heterocycles. The molecule has 0 spiro atoms. The first-order valence-corrected chi connectivity index (χ1v) is 10.0. The fourth-order valence-electron chi connectivity index (χ4n) is 2.93. The molecule has 2 atom stereocenters. The zero-order chi connectivity index (χ0) is 18.2. The fourth-order valence-corrected chi connectivity index (χ4v) is 4.41. The Kier molecular flexibility index (Phi) is 7.66. The van der Waals surface area contributed by atoms with E-state index in [0.29, 0.717) is 0 Å². The molecule has 0 aliphatic rings. The first-order valence-electron chi connectivity index (χ1n) is 8.84. The van der Waals surface area contributed by atoms with E-state index in [1.807, 2.05) is 50.5 Å². The third kappa shape index (κ3) is 5.41. The van der Waals surface area contributed by atoms with Gasteiger partial charge in [0.15, 0.2) is 0 Å². The van der Waals surface area contributed by atoms with E-state index in [1.165, 1.54) is 5.56 Å². The standard InChI is InChI=1S/C21H29NO2S/c1-5-8-17-11-13-18(14-12-17)25(23)21(15-16-22(2)3)19-9-6-7-10-20(19)24-4/h6-7,9-14,21H,5,8,15-16H2,1-4H3. The van der Waals surface area contributed by atoms with Crippen LogP contribution in [0, 0.1) is 0 Å². The SMILES string of the molecule is CCCc1ccc(S(=O)C(CCN(C)C)c2ccccc2OC)cc1. The Morgan fingerprint density at radius 3 is 2.36 bits per heavy atom. The van der Waals surface area contributed by atoms with Gasteiger partial charge in [0.1, 0.15) is 5.75 Å². The third-order valence-corrected chi connectivity index (χ3v) is 6.02. The molecule has 2 aromatic carbocycles. The van der Waals surface area contributed by atoms with Crippen molar-refractivity contribution in [3.63, 3.8) is 0 Å². The van der Waals surface area contributed by atoms with E-state index < -0.39 is 10.8 Å². The van der Waals surface area contributed by atoms with Crippen LogP contribution in [0.25, 0.3) is 0 Å². The smallest absolute Gasteiger partial charge is 0.123 e. The number of para-hydroxylation sites is 1. The highest BCUT2D eigenvalue weighted by atomic mass is 32.2. The van der Waals surface area contributed by atoms with Crippen molar-refractivity contribution in [3.05, 3.63) is 59.7 Å². The van der Waals surface area contributed by atoms with Gasteiger partial charge in [-0.25, -0.2) is 0 Å². The molecule has 0 saturated heterocycles. The molecule has 25 heavy (non-hydrogen) atoms. The molecule has 0 radical (unpaired) electrons. The molecule has 0 aliphatic carbocycles. The van der Waals surface area contributed by atoms with Crippen LogP contribution in [0.4, 0.5) is 0 Å². The summed E-state index contributed by atoms with van der Waals surface area (Å²) < 4.78 is 18.9. The average Bonchev–Trinajstić information content (AvgIpc) is 2.62. The number of ether oxygens (including phenoxy) is 1. The van der Waals surface area contributed by atoms with Gasteiger partial charge in [-0.05, 0) is 57.2 Å². The summed E-state index contributed by atoms with van der Waals surface area (Å²) in [4.78, 5) is 3.01. The predicted molar refractivity (Wildman–Crippen MR) is 106 cm³/mol. The second-order valence-electron chi connectivity index (χ2n) is 6.51. The van der Waals surface area contributed by atoms with E-state index in [0.717, 1.165) is 42.0 Å². The summed E-state index contributed by atoms with van der Waals surface area (Å²) in [6, 6.07) is 16.1. The zero-order valence-electron chi connectivity index (χ0n) is 15.7. The molecular formula is C21H29NO2S. The molecule has 0 N–H and O–H groups in total. The minimum Gasteiger partial charge on any atom is -0.496 e. The number of benzene rings is 2. The van der Waals surface area contributed by atoms with Crippen molar-refractivity contribution in [3.8, 4) is 5.75 Å². The highest BCUT2D eigenvalue weighted by molar-refractivity contribution is 7.85. The van der Waals surface area contributed by atoms with Crippen molar-refractivity contribution in [1.82, 2.24) is 4.90 Å². The molecule has 136 valence electrons. The van der Waals surface area contributed by atoms with Crippen LogP contribution in [-0.2, 0) is 17.2 Å². The van der Waals surface area contributed by atoms with Gasteiger partial charge in [0.05, 0.1) is 23.2 Å². The number of aryl methyl sites for hydroxylation is 1. The molecule has 0 heterocycles. The minimum absolute atomic E-state index is 0.0874. The average molecular weight is 360 g/mol. The van der Waals surface area contributed by atoms with Crippen molar-refractivity contribution in [2.45, 2.75) is 36.3 Å². The monoisotopic (exact) mass is 359 g/mol. The summed E-state index contributed by atoms with van der Waals surface area (Å²) in [5.41, 5.74) is 2.31. The van der Waals surface area contributed by atoms with Gasteiger partial charge in [0.25, 0.3) is 0 Å². The van der Waals surface area contributed by atoms with Crippen molar-refractivity contribution >= 4 is 10.8 Å². The van der Waals surface area contributed by atoms with Gasteiger partial charge in [0.2, 0.25) is 0 Å². The molecule has 0 amide bonds. The van der Waals surface area contributed by atoms with Crippen LogP contribution in [0.5, 0.6) is 5.75 Å². The van der Waals surface area contributed by atoms with Crippen molar-refractivity contribution in [2.24, 2.45) is 0 Å². The van der Waals surface area contributed by atoms with Gasteiger partial charge >= 0.3 is 0 Å². The van der Waals surface area contributed by atoms with Gasteiger partial charge in [0, 0.05) is 10.5 Å². The molecule has 3 nitrogen and oxygen atoms in total. The number of methoxy groups -OCH3 is 1. The van der Waals surface area contributed by atoms with Crippen LogP contribution in [0.2, 0.25) is 0 Å². The lowest BCUT2D eigenvalue weighted by atomic mass is 10.1. The molecule has 2 rings (SSSR count). The largest absolute Gasteiger partial charge is 0.496 e. The van der Waals surface area contributed by atoms with E-state index in [9.17, 15) is 4.21 Å². The second-order valence-corrected chi connectivity index (χ2v) is 8.15. The highest BCUT2D eigenvalue weighted by Gasteiger charge is 2.23. The molecular weight excluding hydrogens is 330 g/mol. The van der Waals surface area contributed by atoms with E-state index in [1.54, 1.807) is 7.11 Å². The predicted octanol–water partition coefficient (Wildman–Crippen LogP) is 4.45. The van der Waals surface area contributed by atoms with E-state index >= 15 is 0 Å². The van der Waals surface area contributed by atoms with E-state index in [-0.39, 0.29) is 5.25 Å². The quantitative estimate of drug-likeness (QED) is 0.662. The summed E-state index contributed by atoms with van der Waals surface area (Å²) in [7, 11) is 4.64. The number of hydrogen-bond donors (Lipinski definition) is 0. The van der Waals surface area contributed by atoms with Crippen molar-refractivity contribution in [2.75, 3.05) is 27.7 Å². The lowest BCUT2D eigenvalue weighted by Gasteiger charge is -2.21. The Morgan fingerprint density at radius 1 is 1.08 bits per heavy atom. The molecule has 0 fully saturated rings. The maximum atomic E-state index is 13.3. The normalized spacial score (nSPS) is 13.6. The molecule has 0 saturated carbocycles.